The third-order valence-electron chi connectivity index (χ3n) is 4.55. The SMILES string of the molecule is Cc1ccc(NS(=O)(=O)c2ccc(N/N=C\c3cc(Br)cc(Br)c3O)c([N+](=O)[O-])c2)c(C)c1. The number of hydrogen-bond donors (Lipinski definition) is 3. The number of nitro groups is 1. The first-order chi connectivity index (χ1) is 15.5. The van der Waals surface area contributed by atoms with Crippen LogP contribution in [-0.4, -0.2) is 24.7 Å². The fourth-order valence-corrected chi connectivity index (χ4v) is 5.32. The molecule has 3 aromatic carbocycles. The molecule has 0 fully saturated rings. The van der Waals surface area contributed by atoms with Gasteiger partial charge in [0.25, 0.3) is 15.7 Å². The van der Waals surface area contributed by atoms with E-state index < -0.39 is 20.6 Å². The zero-order chi connectivity index (χ0) is 24.3. The molecule has 0 spiro atoms. The molecule has 0 aliphatic rings. The number of hydrogen-bond acceptors (Lipinski definition) is 7. The van der Waals surface area contributed by atoms with Gasteiger partial charge in [0.15, 0.2) is 0 Å². The van der Waals surface area contributed by atoms with E-state index in [0.29, 0.717) is 20.2 Å². The zero-order valence-electron chi connectivity index (χ0n) is 17.3. The Hall–Kier alpha value is -2.96. The molecular weight excluding hydrogens is 580 g/mol. The summed E-state index contributed by atoms with van der Waals surface area (Å²) in [5.74, 6) is -0.0582. The zero-order valence-corrected chi connectivity index (χ0v) is 21.3. The highest BCUT2D eigenvalue weighted by molar-refractivity contribution is 9.11. The standard InChI is InChI=1S/C21H18Br2N4O5S/c1-12-3-5-18(13(2)7-12)26-33(31,32)16-4-6-19(20(10-16)27(29)30)25-24-11-14-8-15(22)9-17(23)21(14)28/h3-11,25-26,28H,1-2H3/b24-11-. The maximum Gasteiger partial charge on any atom is 0.295 e. The molecule has 9 nitrogen and oxygen atoms in total. The number of halogens is 2. The first-order valence-corrected chi connectivity index (χ1v) is 12.4. The van der Waals surface area contributed by atoms with Crippen LogP contribution in [0, 0.1) is 24.0 Å². The first kappa shape index (κ1) is 24.7. The topological polar surface area (TPSA) is 134 Å². The molecule has 0 saturated heterocycles. The van der Waals surface area contributed by atoms with Crippen LogP contribution in [0.1, 0.15) is 16.7 Å². The third kappa shape index (κ3) is 5.89. The van der Waals surface area contributed by atoms with Crippen molar-refractivity contribution in [3.63, 3.8) is 0 Å². The molecule has 3 rings (SSSR count). The molecule has 33 heavy (non-hydrogen) atoms. The summed E-state index contributed by atoms with van der Waals surface area (Å²) in [6, 6.07) is 11.9. The van der Waals surface area contributed by atoms with Crippen LogP contribution in [0.3, 0.4) is 0 Å². The van der Waals surface area contributed by atoms with E-state index >= 15 is 0 Å². The van der Waals surface area contributed by atoms with E-state index in [1.54, 1.807) is 31.2 Å². The van der Waals surface area contributed by atoms with Gasteiger partial charge in [-0.15, -0.1) is 0 Å². The van der Waals surface area contributed by atoms with Crippen LogP contribution in [0.25, 0.3) is 0 Å². The van der Waals surface area contributed by atoms with Crippen molar-refractivity contribution in [3.05, 3.63) is 84.3 Å². The molecule has 12 heteroatoms. The lowest BCUT2D eigenvalue weighted by Crippen LogP contribution is -2.14. The number of nitro benzene ring substituents is 1. The van der Waals surface area contributed by atoms with Crippen LogP contribution in [0.2, 0.25) is 0 Å². The summed E-state index contributed by atoms with van der Waals surface area (Å²) in [6.07, 6.45) is 1.28. The van der Waals surface area contributed by atoms with E-state index in [0.717, 1.165) is 17.2 Å². The molecule has 172 valence electrons. The van der Waals surface area contributed by atoms with Crippen molar-refractivity contribution >= 4 is 65.2 Å². The number of aryl methyl sites for hydroxylation is 2. The van der Waals surface area contributed by atoms with Crippen LogP contribution in [0.4, 0.5) is 17.1 Å². The van der Waals surface area contributed by atoms with Gasteiger partial charge in [0, 0.05) is 16.1 Å². The molecule has 0 bridgehead atoms. The number of nitrogens with one attached hydrogen (secondary N) is 2. The summed E-state index contributed by atoms with van der Waals surface area (Å²) in [4.78, 5) is 10.6. The second-order valence-electron chi connectivity index (χ2n) is 7.06. The predicted octanol–water partition coefficient (Wildman–Crippen LogP) is 5.69. The van der Waals surface area contributed by atoms with Gasteiger partial charge in [-0.1, -0.05) is 33.6 Å². The fourth-order valence-electron chi connectivity index (χ4n) is 2.91. The Morgan fingerprint density at radius 3 is 2.42 bits per heavy atom. The van der Waals surface area contributed by atoms with Gasteiger partial charge in [-0.25, -0.2) is 8.42 Å². The van der Waals surface area contributed by atoms with E-state index in [9.17, 15) is 23.6 Å². The van der Waals surface area contributed by atoms with Crippen LogP contribution >= 0.6 is 31.9 Å². The number of nitrogens with zero attached hydrogens (tertiary/aromatic N) is 2. The van der Waals surface area contributed by atoms with Crippen molar-refractivity contribution in [3.8, 4) is 5.75 Å². The van der Waals surface area contributed by atoms with Gasteiger partial charge in [0.05, 0.1) is 26.2 Å². The molecule has 0 heterocycles. The largest absolute Gasteiger partial charge is 0.506 e. The van der Waals surface area contributed by atoms with Crippen LogP contribution in [0.5, 0.6) is 5.75 Å². The average molecular weight is 598 g/mol. The summed E-state index contributed by atoms with van der Waals surface area (Å²) >= 11 is 6.51. The summed E-state index contributed by atoms with van der Waals surface area (Å²) in [5.41, 5.74) is 4.47. The summed E-state index contributed by atoms with van der Waals surface area (Å²) < 4.78 is 29.2. The van der Waals surface area contributed by atoms with Crippen LogP contribution < -0.4 is 10.1 Å². The second-order valence-corrected chi connectivity index (χ2v) is 10.5. The van der Waals surface area contributed by atoms with E-state index in [-0.39, 0.29) is 16.3 Å². The molecule has 0 aromatic heterocycles. The first-order valence-electron chi connectivity index (χ1n) is 9.33. The van der Waals surface area contributed by atoms with E-state index in [2.05, 4.69) is 47.1 Å². The van der Waals surface area contributed by atoms with Gasteiger partial charge < -0.3 is 5.11 Å². The fraction of sp³-hybridized carbons (Fsp3) is 0.0952. The molecular formula is C21H18Br2N4O5S. The minimum absolute atomic E-state index is 0.0183. The maximum atomic E-state index is 12.8. The summed E-state index contributed by atoms with van der Waals surface area (Å²) in [5, 5.41) is 25.6. The molecule has 0 aliphatic heterocycles. The number of phenolic OH excluding ortho intramolecular Hbond substituents is 1. The number of rotatable bonds is 7. The lowest BCUT2D eigenvalue weighted by Gasteiger charge is -2.12. The normalized spacial score (nSPS) is 11.5. The molecule has 0 aliphatic carbocycles. The predicted molar refractivity (Wildman–Crippen MR) is 135 cm³/mol. The highest BCUT2D eigenvalue weighted by Gasteiger charge is 2.22. The number of aromatic hydroxyl groups is 1. The van der Waals surface area contributed by atoms with Gasteiger partial charge in [-0.3, -0.25) is 20.3 Å². The minimum Gasteiger partial charge on any atom is -0.506 e. The molecule has 0 saturated carbocycles. The molecule has 0 atom stereocenters. The van der Waals surface area contributed by atoms with Gasteiger partial charge in [0.2, 0.25) is 0 Å². The number of hydrazone groups is 1. The van der Waals surface area contributed by atoms with Crippen LogP contribution in [0.15, 0.2) is 67.5 Å². The number of phenols is 1. The number of sulfonamides is 1. The monoisotopic (exact) mass is 596 g/mol. The maximum absolute atomic E-state index is 12.8. The summed E-state index contributed by atoms with van der Waals surface area (Å²) in [6.45, 7) is 3.65. The van der Waals surface area contributed by atoms with Gasteiger partial charge in [-0.05, 0) is 65.7 Å². The Kier molecular flexibility index (Phi) is 7.40. The van der Waals surface area contributed by atoms with E-state index in [1.807, 2.05) is 13.0 Å². The van der Waals surface area contributed by atoms with Crippen molar-refractivity contribution in [1.29, 1.82) is 0 Å². The van der Waals surface area contributed by atoms with Crippen molar-refractivity contribution in [2.24, 2.45) is 5.10 Å². The van der Waals surface area contributed by atoms with Gasteiger partial charge in [-0.2, -0.15) is 5.10 Å². The number of anilines is 2. The average Bonchev–Trinajstić information content (AvgIpc) is 2.73. The highest BCUT2D eigenvalue weighted by Crippen LogP contribution is 2.32. The Morgan fingerprint density at radius 1 is 1.06 bits per heavy atom. The second kappa shape index (κ2) is 9.89. The Bertz CT molecular complexity index is 1380. The van der Waals surface area contributed by atoms with E-state index in [1.165, 1.54) is 18.3 Å². The minimum atomic E-state index is -4.06. The molecule has 0 unspecified atom stereocenters. The molecule has 3 N–H and O–H groups in total. The molecule has 3 aromatic rings. The van der Waals surface area contributed by atoms with Crippen molar-refractivity contribution in [1.82, 2.24) is 0 Å². The molecule has 0 radical (unpaired) electrons. The Balaban J connectivity index is 1.88. The Morgan fingerprint density at radius 2 is 1.76 bits per heavy atom. The lowest BCUT2D eigenvalue weighted by molar-refractivity contribution is -0.384. The summed E-state index contributed by atoms with van der Waals surface area (Å²) in [7, 11) is -4.06. The quantitative estimate of drug-likeness (QED) is 0.182. The van der Waals surface area contributed by atoms with Gasteiger partial charge in [0.1, 0.15) is 11.4 Å². The Labute approximate surface area is 207 Å². The smallest absolute Gasteiger partial charge is 0.295 e. The third-order valence-corrected chi connectivity index (χ3v) is 6.97. The van der Waals surface area contributed by atoms with Crippen molar-refractivity contribution in [2.75, 3.05) is 10.1 Å². The van der Waals surface area contributed by atoms with Gasteiger partial charge >= 0.3 is 0 Å². The van der Waals surface area contributed by atoms with Crippen LogP contribution in [-0.2, 0) is 10.0 Å². The van der Waals surface area contributed by atoms with Crippen molar-refractivity contribution in [2.45, 2.75) is 18.7 Å². The van der Waals surface area contributed by atoms with Crippen molar-refractivity contribution < 1.29 is 18.4 Å². The number of benzene rings is 3. The molecule has 0 amide bonds. The lowest BCUT2D eigenvalue weighted by atomic mass is 10.1. The van der Waals surface area contributed by atoms with E-state index in [4.69, 9.17) is 0 Å². The highest BCUT2D eigenvalue weighted by atomic mass is 79.9.